The zero-order chi connectivity index (χ0) is 14.5. The molecule has 0 N–H and O–H groups in total. The first-order valence-corrected chi connectivity index (χ1v) is 7.77. The highest BCUT2D eigenvalue weighted by Gasteiger charge is 2.17. The van der Waals surface area contributed by atoms with E-state index in [0.717, 1.165) is 45.0 Å². The first-order valence-electron chi connectivity index (χ1n) is 7.40. The molecular weight excluding hydrogens is 282 g/mol. The van der Waals surface area contributed by atoms with Crippen molar-refractivity contribution in [3.8, 4) is 0 Å². The fourth-order valence-electron chi connectivity index (χ4n) is 2.71. The zero-order valence-corrected chi connectivity index (χ0v) is 12.8. The minimum Gasteiger partial charge on any atom is -0.297 e. The van der Waals surface area contributed by atoms with E-state index >= 15 is 0 Å². The summed E-state index contributed by atoms with van der Waals surface area (Å²) < 4.78 is 0. The number of rotatable bonds is 4. The topological polar surface area (TPSA) is 19.4 Å². The molecule has 3 rings (SSSR count). The number of piperazine rings is 1. The summed E-state index contributed by atoms with van der Waals surface area (Å²) in [6, 6.07) is 16.5. The van der Waals surface area contributed by atoms with E-state index in [1.165, 1.54) is 5.56 Å². The SMILES string of the molecule is Clc1cccc(CN2CCN(Cc3ccccc3)CC2)n1. The van der Waals surface area contributed by atoms with Crippen molar-refractivity contribution in [1.29, 1.82) is 0 Å². The summed E-state index contributed by atoms with van der Waals surface area (Å²) in [5.41, 5.74) is 2.45. The van der Waals surface area contributed by atoms with E-state index in [1.54, 1.807) is 0 Å². The number of hydrogen-bond acceptors (Lipinski definition) is 3. The Morgan fingerprint density at radius 1 is 0.810 bits per heavy atom. The van der Waals surface area contributed by atoms with Crippen LogP contribution >= 0.6 is 11.6 Å². The Bertz CT molecular complexity index is 565. The van der Waals surface area contributed by atoms with Gasteiger partial charge in [0.15, 0.2) is 0 Å². The number of aromatic nitrogens is 1. The summed E-state index contributed by atoms with van der Waals surface area (Å²) in [5, 5.41) is 0.579. The molecular formula is C17H20ClN3. The molecule has 0 aliphatic carbocycles. The first kappa shape index (κ1) is 14.5. The van der Waals surface area contributed by atoms with Crippen molar-refractivity contribution in [3.05, 3.63) is 64.9 Å². The van der Waals surface area contributed by atoms with E-state index in [2.05, 4.69) is 45.1 Å². The average molecular weight is 302 g/mol. The lowest BCUT2D eigenvalue weighted by Crippen LogP contribution is -2.45. The van der Waals surface area contributed by atoms with E-state index in [1.807, 2.05) is 18.2 Å². The first-order chi connectivity index (χ1) is 10.3. The molecule has 3 nitrogen and oxygen atoms in total. The average Bonchev–Trinajstić information content (AvgIpc) is 2.50. The Morgan fingerprint density at radius 3 is 2.14 bits per heavy atom. The quantitative estimate of drug-likeness (QED) is 0.809. The van der Waals surface area contributed by atoms with Crippen LogP contribution in [0.3, 0.4) is 0 Å². The van der Waals surface area contributed by atoms with Gasteiger partial charge < -0.3 is 0 Å². The number of halogens is 1. The summed E-state index contributed by atoms with van der Waals surface area (Å²) >= 11 is 5.94. The molecule has 21 heavy (non-hydrogen) atoms. The van der Waals surface area contributed by atoms with Crippen molar-refractivity contribution in [1.82, 2.24) is 14.8 Å². The summed E-state index contributed by atoms with van der Waals surface area (Å²) in [4.78, 5) is 9.32. The molecule has 0 unspecified atom stereocenters. The van der Waals surface area contributed by atoms with Gasteiger partial charge in [0.1, 0.15) is 5.15 Å². The van der Waals surface area contributed by atoms with Crippen LogP contribution in [0.25, 0.3) is 0 Å². The normalized spacial score (nSPS) is 17.0. The molecule has 1 fully saturated rings. The van der Waals surface area contributed by atoms with Crippen LogP contribution in [0, 0.1) is 0 Å². The molecule has 110 valence electrons. The lowest BCUT2D eigenvalue weighted by Gasteiger charge is -2.34. The van der Waals surface area contributed by atoms with Gasteiger partial charge in [0, 0.05) is 39.3 Å². The van der Waals surface area contributed by atoms with E-state index in [0.29, 0.717) is 5.15 Å². The van der Waals surface area contributed by atoms with Gasteiger partial charge in [-0.3, -0.25) is 9.80 Å². The molecule has 2 aromatic rings. The molecule has 1 aromatic heterocycles. The van der Waals surface area contributed by atoms with Gasteiger partial charge in [-0.05, 0) is 17.7 Å². The van der Waals surface area contributed by atoms with Crippen LogP contribution in [0.4, 0.5) is 0 Å². The van der Waals surface area contributed by atoms with Crippen LogP contribution in [0.15, 0.2) is 48.5 Å². The Morgan fingerprint density at radius 2 is 1.48 bits per heavy atom. The monoisotopic (exact) mass is 301 g/mol. The molecule has 1 aliphatic heterocycles. The second kappa shape index (κ2) is 7.03. The molecule has 1 aliphatic rings. The minimum absolute atomic E-state index is 0.579. The maximum atomic E-state index is 5.94. The van der Waals surface area contributed by atoms with Gasteiger partial charge in [-0.25, -0.2) is 4.98 Å². The van der Waals surface area contributed by atoms with E-state index in [9.17, 15) is 0 Å². The molecule has 0 bridgehead atoms. The summed E-state index contributed by atoms with van der Waals surface area (Å²) in [5.74, 6) is 0. The molecule has 2 heterocycles. The van der Waals surface area contributed by atoms with Gasteiger partial charge in [-0.2, -0.15) is 0 Å². The predicted octanol–water partition coefficient (Wildman–Crippen LogP) is 3.05. The van der Waals surface area contributed by atoms with Crippen molar-refractivity contribution < 1.29 is 0 Å². The summed E-state index contributed by atoms with van der Waals surface area (Å²) in [6.45, 7) is 6.32. The lowest BCUT2D eigenvalue weighted by atomic mass is 10.2. The highest BCUT2D eigenvalue weighted by Crippen LogP contribution is 2.12. The highest BCUT2D eigenvalue weighted by atomic mass is 35.5. The standard InChI is InChI=1S/C17H20ClN3/c18-17-8-4-7-16(19-17)14-21-11-9-20(10-12-21)13-15-5-2-1-3-6-15/h1-8H,9-14H2. The highest BCUT2D eigenvalue weighted by molar-refractivity contribution is 6.29. The van der Waals surface area contributed by atoms with Crippen molar-refractivity contribution in [3.63, 3.8) is 0 Å². The van der Waals surface area contributed by atoms with Crippen molar-refractivity contribution in [2.45, 2.75) is 13.1 Å². The summed E-state index contributed by atoms with van der Waals surface area (Å²) in [6.07, 6.45) is 0. The van der Waals surface area contributed by atoms with Crippen LogP contribution < -0.4 is 0 Å². The third-order valence-corrected chi connectivity index (χ3v) is 4.08. The molecule has 0 atom stereocenters. The van der Waals surface area contributed by atoms with Crippen LogP contribution in [0.2, 0.25) is 5.15 Å². The van der Waals surface area contributed by atoms with E-state index < -0.39 is 0 Å². The Balaban J connectivity index is 1.49. The second-order valence-corrected chi connectivity index (χ2v) is 5.88. The maximum Gasteiger partial charge on any atom is 0.129 e. The van der Waals surface area contributed by atoms with Gasteiger partial charge in [0.2, 0.25) is 0 Å². The zero-order valence-electron chi connectivity index (χ0n) is 12.1. The van der Waals surface area contributed by atoms with Crippen molar-refractivity contribution in [2.24, 2.45) is 0 Å². The Hall–Kier alpha value is -1.42. The van der Waals surface area contributed by atoms with Gasteiger partial charge in [0.05, 0.1) is 5.69 Å². The third-order valence-electron chi connectivity index (χ3n) is 3.87. The van der Waals surface area contributed by atoms with E-state index in [4.69, 9.17) is 11.6 Å². The van der Waals surface area contributed by atoms with E-state index in [-0.39, 0.29) is 0 Å². The third kappa shape index (κ3) is 4.27. The number of pyridine rings is 1. The molecule has 0 radical (unpaired) electrons. The number of benzene rings is 1. The largest absolute Gasteiger partial charge is 0.297 e. The Labute approximate surface area is 131 Å². The van der Waals surface area contributed by atoms with Gasteiger partial charge >= 0.3 is 0 Å². The molecule has 4 heteroatoms. The number of nitrogens with zero attached hydrogens (tertiary/aromatic N) is 3. The smallest absolute Gasteiger partial charge is 0.129 e. The second-order valence-electron chi connectivity index (χ2n) is 5.49. The predicted molar refractivity (Wildman–Crippen MR) is 86.2 cm³/mol. The van der Waals surface area contributed by atoms with Gasteiger partial charge in [-0.1, -0.05) is 48.0 Å². The van der Waals surface area contributed by atoms with Crippen LogP contribution in [0.5, 0.6) is 0 Å². The molecule has 1 saturated heterocycles. The Kier molecular flexibility index (Phi) is 4.86. The van der Waals surface area contributed by atoms with Gasteiger partial charge in [-0.15, -0.1) is 0 Å². The molecule has 0 spiro atoms. The van der Waals surface area contributed by atoms with Crippen LogP contribution in [-0.2, 0) is 13.1 Å². The van der Waals surface area contributed by atoms with Crippen LogP contribution in [-0.4, -0.2) is 41.0 Å². The van der Waals surface area contributed by atoms with Crippen molar-refractivity contribution >= 4 is 11.6 Å². The fourth-order valence-corrected chi connectivity index (χ4v) is 2.90. The fraction of sp³-hybridized carbons (Fsp3) is 0.353. The molecule has 1 aromatic carbocycles. The van der Waals surface area contributed by atoms with Crippen molar-refractivity contribution in [2.75, 3.05) is 26.2 Å². The van der Waals surface area contributed by atoms with Gasteiger partial charge in [0.25, 0.3) is 0 Å². The lowest BCUT2D eigenvalue weighted by molar-refractivity contribution is 0.121. The van der Waals surface area contributed by atoms with Crippen LogP contribution in [0.1, 0.15) is 11.3 Å². The minimum atomic E-state index is 0.579. The maximum absolute atomic E-state index is 5.94. The number of hydrogen-bond donors (Lipinski definition) is 0. The molecule has 0 saturated carbocycles. The molecule has 0 amide bonds. The summed E-state index contributed by atoms with van der Waals surface area (Å²) in [7, 11) is 0.